The lowest BCUT2D eigenvalue weighted by Gasteiger charge is -2.05. The number of rotatable bonds is 1. The Balaban J connectivity index is 2.14. The van der Waals surface area contributed by atoms with Crippen LogP contribution >= 0.6 is 0 Å². The van der Waals surface area contributed by atoms with Crippen molar-refractivity contribution >= 4 is 17.2 Å². The summed E-state index contributed by atoms with van der Waals surface area (Å²) in [6, 6.07) is 14.6. The summed E-state index contributed by atoms with van der Waals surface area (Å²) in [5.74, 6) is 0.278. The van der Waals surface area contributed by atoms with E-state index in [2.05, 4.69) is 4.99 Å². The fraction of sp³-hybridized carbons (Fsp3) is 0.125. The van der Waals surface area contributed by atoms with E-state index in [0.29, 0.717) is 17.7 Å². The number of aliphatic imine (C=N–C) groups is 1. The molecule has 0 radical (unpaired) electrons. The lowest BCUT2D eigenvalue weighted by atomic mass is 10.0. The molecule has 0 fully saturated rings. The van der Waals surface area contributed by atoms with E-state index in [1.165, 1.54) is 0 Å². The highest BCUT2D eigenvalue weighted by Crippen LogP contribution is 2.27. The second-order valence-corrected chi connectivity index (χ2v) is 4.60. The van der Waals surface area contributed by atoms with Crippen molar-refractivity contribution in [1.82, 2.24) is 0 Å². The summed E-state index contributed by atoms with van der Waals surface area (Å²) in [4.78, 5) is 16.5. The number of phenolic OH excluding ortho intramolecular Hbond substituents is 1. The van der Waals surface area contributed by atoms with Crippen molar-refractivity contribution in [3.63, 3.8) is 0 Å². The third-order valence-electron chi connectivity index (χ3n) is 3.21. The molecule has 1 N–H and O–H groups in total. The number of carbonyl (C=O) groups excluding carboxylic acids is 1. The Kier molecular flexibility index (Phi) is 2.88. The minimum atomic E-state index is 0.118. The van der Waals surface area contributed by atoms with Crippen molar-refractivity contribution in [2.75, 3.05) is 0 Å². The molecule has 0 saturated carbocycles. The SMILES string of the molecule is O=C1CC(c2ccccc2O)=Nc2ccccc2C1. The highest BCUT2D eigenvalue weighted by atomic mass is 16.3. The van der Waals surface area contributed by atoms with E-state index in [0.717, 1.165) is 11.3 Å². The monoisotopic (exact) mass is 251 g/mol. The zero-order valence-corrected chi connectivity index (χ0v) is 10.3. The Labute approximate surface area is 111 Å². The van der Waals surface area contributed by atoms with Gasteiger partial charge in [0, 0.05) is 18.4 Å². The molecule has 94 valence electrons. The van der Waals surface area contributed by atoms with Gasteiger partial charge in [0.05, 0.1) is 11.4 Å². The first-order valence-electron chi connectivity index (χ1n) is 6.19. The zero-order chi connectivity index (χ0) is 13.2. The molecule has 3 rings (SSSR count). The van der Waals surface area contributed by atoms with Crippen LogP contribution in [0.2, 0.25) is 0 Å². The summed E-state index contributed by atoms with van der Waals surface area (Å²) < 4.78 is 0. The van der Waals surface area contributed by atoms with Gasteiger partial charge in [0.15, 0.2) is 0 Å². The maximum atomic E-state index is 12.0. The number of carbonyl (C=O) groups is 1. The minimum Gasteiger partial charge on any atom is -0.507 e. The molecule has 19 heavy (non-hydrogen) atoms. The zero-order valence-electron chi connectivity index (χ0n) is 10.3. The van der Waals surface area contributed by atoms with Gasteiger partial charge in [0.25, 0.3) is 0 Å². The Hall–Kier alpha value is -2.42. The number of Topliss-reactive ketones (excluding diaryl/α,β-unsaturated/α-hetero) is 1. The van der Waals surface area contributed by atoms with Crippen LogP contribution in [0.4, 0.5) is 5.69 Å². The van der Waals surface area contributed by atoms with E-state index in [-0.39, 0.29) is 18.0 Å². The normalized spacial score (nSPS) is 14.5. The smallest absolute Gasteiger partial charge is 0.143 e. The topological polar surface area (TPSA) is 49.7 Å². The standard InChI is InChI=1S/C16H13NO2/c18-12-9-11-5-1-3-7-14(11)17-15(10-12)13-6-2-4-8-16(13)19/h1-8,19H,9-10H2. The molecule has 0 spiro atoms. The van der Waals surface area contributed by atoms with Gasteiger partial charge in [-0.1, -0.05) is 30.3 Å². The number of fused-ring (bicyclic) bond motifs is 1. The maximum Gasteiger partial charge on any atom is 0.143 e. The van der Waals surface area contributed by atoms with Crippen molar-refractivity contribution < 1.29 is 9.90 Å². The molecular formula is C16H13NO2. The number of ketones is 1. The molecule has 0 aromatic heterocycles. The number of nitrogens with zero attached hydrogens (tertiary/aromatic N) is 1. The highest BCUT2D eigenvalue weighted by Gasteiger charge is 2.18. The average molecular weight is 251 g/mol. The van der Waals surface area contributed by atoms with Crippen LogP contribution < -0.4 is 0 Å². The van der Waals surface area contributed by atoms with Crippen LogP contribution in [0, 0.1) is 0 Å². The molecule has 1 aliphatic rings. The highest BCUT2D eigenvalue weighted by molar-refractivity contribution is 6.14. The molecule has 1 aliphatic heterocycles. The predicted molar refractivity (Wildman–Crippen MR) is 74.1 cm³/mol. The van der Waals surface area contributed by atoms with Gasteiger partial charge in [-0.05, 0) is 23.8 Å². The third kappa shape index (κ3) is 2.27. The van der Waals surface area contributed by atoms with Gasteiger partial charge in [-0.2, -0.15) is 0 Å². The van der Waals surface area contributed by atoms with Gasteiger partial charge in [-0.15, -0.1) is 0 Å². The van der Waals surface area contributed by atoms with E-state index in [1.807, 2.05) is 30.3 Å². The van der Waals surface area contributed by atoms with Gasteiger partial charge in [0.1, 0.15) is 11.5 Å². The molecule has 3 heteroatoms. The average Bonchev–Trinajstić information content (AvgIpc) is 2.57. The molecule has 2 aromatic carbocycles. The molecular weight excluding hydrogens is 238 g/mol. The first-order valence-corrected chi connectivity index (χ1v) is 6.19. The molecule has 0 saturated heterocycles. The van der Waals surface area contributed by atoms with Crippen LogP contribution in [0.1, 0.15) is 17.5 Å². The second kappa shape index (κ2) is 4.69. The van der Waals surface area contributed by atoms with Gasteiger partial charge < -0.3 is 5.11 Å². The van der Waals surface area contributed by atoms with Gasteiger partial charge >= 0.3 is 0 Å². The van der Waals surface area contributed by atoms with Crippen molar-refractivity contribution in [3.8, 4) is 5.75 Å². The number of para-hydroxylation sites is 2. The number of aromatic hydroxyl groups is 1. The van der Waals surface area contributed by atoms with Crippen molar-refractivity contribution in [1.29, 1.82) is 0 Å². The fourth-order valence-corrected chi connectivity index (χ4v) is 2.29. The van der Waals surface area contributed by atoms with E-state index in [4.69, 9.17) is 0 Å². The van der Waals surface area contributed by atoms with Crippen molar-refractivity contribution in [2.24, 2.45) is 4.99 Å². The quantitative estimate of drug-likeness (QED) is 0.846. The first kappa shape index (κ1) is 11.7. The first-order chi connectivity index (χ1) is 9.24. The molecule has 1 heterocycles. The minimum absolute atomic E-state index is 0.118. The number of phenols is 1. The van der Waals surface area contributed by atoms with Crippen LogP contribution in [0.3, 0.4) is 0 Å². The fourth-order valence-electron chi connectivity index (χ4n) is 2.29. The van der Waals surface area contributed by atoms with Crippen LogP contribution in [0.15, 0.2) is 53.5 Å². The lowest BCUT2D eigenvalue weighted by molar-refractivity contribution is -0.117. The molecule has 0 bridgehead atoms. The number of hydrogen-bond acceptors (Lipinski definition) is 3. The molecule has 2 aromatic rings. The second-order valence-electron chi connectivity index (χ2n) is 4.60. The maximum absolute atomic E-state index is 12.0. The summed E-state index contributed by atoms with van der Waals surface area (Å²) in [5, 5.41) is 9.90. The number of hydrogen-bond donors (Lipinski definition) is 1. The molecule has 3 nitrogen and oxygen atoms in total. The summed E-state index contributed by atoms with van der Waals surface area (Å²) in [5.41, 5.74) is 3.02. The summed E-state index contributed by atoms with van der Waals surface area (Å²) in [7, 11) is 0. The van der Waals surface area contributed by atoms with Crippen LogP contribution in [-0.4, -0.2) is 16.6 Å². The molecule has 0 aliphatic carbocycles. The van der Waals surface area contributed by atoms with E-state index < -0.39 is 0 Å². The Bertz CT molecular complexity index is 674. The molecule has 0 atom stereocenters. The summed E-state index contributed by atoms with van der Waals surface area (Å²) in [6.07, 6.45) is 0.656. The lowest BCUT2D eigenvalue weighted by Crippen LogP contribution is -2.09. The van der Waals surface area contributed by atoms with Crippen molar-refractivity contribution in [3.05, 3.63) is 59.7 Å². The largest absolute Gasteiger partial charge is 0.507 e. The van der Waals surface area contributed by atoms with Crippen molar-refractivity contribution in [2.45, 2.75) is 12.8 Å². The summed E-state index contributed by atoms with van der Waals surface area (Å²) in [6.45, 7) is 0. The molecule has 0 unspecified atom stereocenters. The van der Waals surface area contributed by atoms with E-state index >= 15 is 0 Å². The Morgan fingerprint density at radius 1 is 0.947 bits per heavy atom. The van der Waals surface area contributed by atoms with E-state index in [9.17, 15) is 9.90 Å². The van der Waals surface area contributed by atoms with Gasteiger partial charge in [-0.3, -0.25) is 9.79 Å². The van der Waals surface area contributed by atoms with Gasteiger partial charge in [-0.25, -0.2) is 0 Å². The van der Waals surface area contributed by atoms with Crippen LogP contribution in [0.25, 0.3) is 0 Å². The van der Waals surface area contributed by atoms with Gasteiger partial charge in [0.2, 0.25) is 0 Å². The Morgan fingerprint density at radius 2 is 1.68 bits per heavy atom. The number of benzene rings is 2. The van der Waals surface area contributed by atoms with E-state index in [1.54, 1.807) is 18.2 Å². The Morgan fingerprint density at radius 3 is 2.53 bits per heavy atom. The van der Waals surface area contributed by atoms with Crippen LogP contribution in [-0.2, 0) is 11.2 Å². The predicted octanol–water partition coefficient (Wildman–Crippen LogP) is 3.03. The summed E-state index contributed by atoms with van der Waals surface area (Å²) >= 11 is 0. The third-order valence-corrected chi connectivity index (χ3v) is 3.21. The molecule has 0 amide bonds. The van der Waals surface area contributed by atoms with Crippen LogP contribution in [0.5, 0.6) is 5.75 Å².